The number of aromatic carboxylic acids is 1. The number of hydrogen-bond donors (Lipinski definition) is 1. The number of hydrogen-bond acceptors (Lipinski definition) is 2. The minimum atomic E-state index is -1.11. The molecule has 1 N–H and O–H groups in total. The third-order valence-corrected chi connectivity index (χ3v) is 4.66. The minimum Gasteiger partial charge on any atom is -0.478 e. The van der Waals surface area contributed by atoms with Gasteiger partial charge in [0.25, 0.3) is 0 Å². The minimum absolute atomic E-state index is 0.0362. The molecule has 2 aromatic carbocycles. The number of carboxylic acid groups (broad SMARTS) is 1. The number of rotatable bonds is 3. The molecule has 0 aliphatic carbocycles. The Morgan fingerprint density at radius 2 is 1.77 bits per heavy atom. The summed E-state index contributed by atoms with van der Waals surface area (Å²) in [6.45, 7) is 1.78. The van der Waals surface area contributed by atoms with Crippen molar-refractivity contribution in [2.24, 2.45) is 0 Å². The smallest absolute Gasteiger partial charge is 0.338 e. The fourth-order valence-corrected chi connectivity index (χ4v) is 3.58. The van der Waals surface area contributed by atoms with Gasteiger partial charge in [0.2, 0.25) is 0 Å². The van der Waals surface area contributed by atoms with Crippen molar-refractivity contribution in [3.05, 3.63) is 63.6 Å². The molecule has 0 saturated carbocycles. The largest absolute Gasteiger partial charge is 0.478 e. The lowest BCUT2D eigenvalue weighted by Gasteiger charge is -2.20. The highest BCUT2D eigenvalue weighted by Crippen LogP contribution is 2.35. The van der Waals surface area contributed by atoms with Gasteiger partial charge in [-0.25, -0.2) is 4.79 Å². The van der Waals surface area contributed by atoms with E-state index in [0.717, 1.165) is 25.2 Å². The van der Waals surface area contributed by atoms with Crippen LogP contribution in [0, 0.1) is 0 Å². The fraction of sp³-hybridized carbons (Fsp3) is 0.235. The van der Waals surface area contributed by atoms with E-state index in [1.165, 1.54) is 5.56 Å². The number of anilines is 1. The predicted molar refractivity (Wildman–Crippen MR) is 89.4 cm³/mol. The zero-order chi connectivity index (χ0) is 15.7. The summed E-state index contributed by atoms with van der Waals surface area (Å²) in [5.41, 5.74) is 2.16. The Balaban J connectivity index is 1.83. The van der Waals surface area contributed by atoms with Crippen LogP contribution in [0.4, 0.5) is 5.69 Å². The molecular formula is C17H15Cl2NO2. The van der Waals surface area contributed by atoms with Gasteiger partial charge in [-0.05, 0) is 24.1 Å². The average Bonchev–Trinajstić information content (AvgIpc) is 2.97. The quantitative estimate of drug-likeness (QED) is 0.884. The van der Waals surface area contributed by atoms with Gasteiger partial charge in [-0.2, -0.15) is 0 Å². The van der Waals surface area contributed by atoms with Crippen LogP contribution in [0.5, 0.6) is 0 Å². The van der Waals surface area contributed by atoms with Gasteiger partial charge in [0, 0.05) is 24.7 Å². The van der Waals surface area contributed by atoms with Crippen LogP contribution >= 0.6 is 23.2 Å². The molecule has 1 fully saturated rings. The molecular weight excluding hydrogens is 321 g/mol. The first-order valence-electron chi connectivity index (χ1n) is 7.08. The highest BCUT2D eigenvalue weighted by Gasteiger charge is 2.25. The van der Waals surface area contributed by atoms with Crippen molar-refractivity contribution in [2.75, 3.05) is 18.0 Å². The fourth-order valence-electron chi connectivity index (χ4n) is 2.94. The van der Waals surface area contributed by atoms with Crippen LogP contribution in [0.3, 0.4) is 0 Å². The summed E-state index contributed by atoms with van der Waals surface area (Å²) in [5, 5.41) is 9.47. The van der Waals surface area contributed by atoms with Crippen molar-refractivity contribution < 1.29 is 9.90 Å². The average molecular weight is 336 g/mol. The molecule has 22 heavy (non-hydrogen) atoms. The molecule has 1 aliphatic heterocycles. The van der Waals surface area contributed by atoms with E-state index in [1.807, 2.05) is 18.2 Å². The van der Waals surface area contributed by atoms with Crippen LogP contribution in [-0.4, -0.2) is 24.2 Å². The highest BCUT2D eigenvalue weighted by molar-refractivity contribution is 6.39. The summed E-state index contributed by atoms with van der Waals surface area (Å²) >= 11 is 12.1. The summed E-state index contributed by atoms with van der Waals surface area (Å²) in [6.07, 6.45) is 1.06. The third-order valence-electron chi connectivity index (χ3n) is 4.07. The Morgan fingerprint density at radius 1 is 1.14 bits per heavy atom. The Bertz CT molecular complexity index is 680. The van der Waals surface area contributed by atoms with Crippen molar-refractivity contribution in [3.8, 4) is 0 Å². The van der Waals surface area contributed by atoms with E-state index >= 15 is 0 Å². The van der Waals surface area contributed by atoms with Crippen molar-refractivity contribution in [1.29, 1.82) is 0 Å². The lowest BCUT2D eigenvalue weighted by Crippen LogP contribution is -2.19. The number of halogens is 2. The van der Waals surface area contributed by atoms with Crippen LogP contribution in [0.15, 0.2) is 42.5 Å². The van der Waals surface area contributed by atoms with Gasteiger partial charge in [0.1, 0.15) is 0 Å². The van der Waals surface area contributed by atoms with Crippen LogP contribution in [0.1, 0.15) is 28.3 Å². The van der Waals surface area contributed by atoms with Crippen LogP contribution in [-0.2, 0) is 0 Å². The van der Waals surface area contributed by atoms with Crippen LogP contribution < -0.4 is 4.90 Å². The second-order valence-corrected chi connectivity index (χ2v) is 6.25. The topological polar surface area (TPSA) is 40.5 Å². The summed E-state index contributed by atoms with van der Waals surface area (Å²) in [5.74, 6) is -0.636. The van der Waals surface area contributed by atoms with Gasteiger partial charge < -0.3 is 10.0 Å². The molecule has 3 rings (SSSR count). The Labute approximate surface area is 139 Å². The molecule has 0 amide bonds. The maximum atomic E-state index is 11.1. The summed E-state index contributed by atoms with van der Waals surface area (Å²) in [7, 11) is 0. The van der Waals surface area contributed by atoms with E-state index in [1.54, 1.807) is 12.1 Å². The summed E-state index contributed by atoms with van der Waals surface area (Å²) < 4.78 is 0. The zero-order valence-electron chi connectivity index (χ0n) is 11.8. The van der Waals surface area contributed by atoms with Gasteiger partial charge in [-0.1, -0.05) is 53.5 Å². The maximum absolute atomic E-state index is 11.1. The molecule has 5 heteroatoms. The Hall–Kier alpha value is -1.71. The number of benzene rings is 2. The normalized spacial score (nSPS) is 17.7. The molecule has 2 aromatic rings. The van der Waals surface area contributed by atoms with Crippen molar-refractivity contribution >= 4 is 34.9 Å². The van der Waals surface area contributed by atoms with Gasteiger partial charge in [-0.3, -0.25) is 0 Å². The maximum Gasteiger partial charge on any atom is 0.338 e. The van der Waals surface area contributed by atoms with Gasteiger partial charge in [-0.15, -0.1) is 0 Å². The molecule has 1 atom stereocenters. The van der Waals surface area contributed by atoms with Gasteiger partial charge in [0.15, 0.2) is 0 Å². The SMILES string of the molecule is O=C(O)c1c(Cl)cc(N2CCC(c3ccccc3)C2)cc1Cl. The molecule has 0 bridgehead atoms. The molecule has 1 saturated heterocycles. The molecule has 1 unspecified atom stereocenters. The van der Waals surface area contributed by atoms with E-state index in [2.05, 4.69) is 17.0 Å². The highest BCUT2D eigenvalue weighted by atomic mass is 35.5. The number of nitrogens with zero attached hydrogens (tertiary/aromatic N) is 1. The monoisotopic (exact) mass is 335 g/mol. The van der Waals surface area contributed by atoms with E-state index in [-0.39, 0.29) is 15.6 Å². The Kier molecular flexibility index (Phi) is 4.27. The molecule has 3 nitrogen and oxygen atoms in total. The lowest BCUT2D eigenvalue weighted by molar-refractivity contribution is 0.0697. The van der Waals surface area contributed by atoms with E-state index in [4.69, 9.17) is 28.3 Å². The summed E-state index contributed by atoms with van der Waals surface area (Å²) in [6, 6.07) is 13.8. The standard InChI is InChI=1S/C17H15Cl2NO2/c18-14-8-13(9-15(19)16(14)17(21)22)20-7-6-12(10-20)11-4-2-1-3-5-11/h1-5,8-9,12H,6-7,10H2,(H,21,22). The number of carboxylic acids is 1. The molecule has 1 heterocycles. The molecule has 0 radical (unpaired) electrons. The Morgan fingerprint density at radius 3 is 2.36 bits per heavy atom. The first-order valence-corrected chi connectivity index (χ1v) is 7.84. The predicted octanol–water partition coefficient (Wildman–Crippen LogP) is 4.69. The van der Waals surface area contributed by atoms with Gasteiger partial charge >= 0.3 is 5.97 Å². The van der Waals surface area contributed by atoms with Crippen molar-refractivity contribution in [2.45, 2.75) is 12.3 Å². The van der Waals surface area contributed by atoms with Crippen LogP contribution in [0.25, 0.3) is 0 Å². The van der Waals surface area contributed by atoms with E-state index < -0.39 is 5.97 Å². The van der Waals surface area contributed by atoms with Gasteiger partial charge in [0.05, 0.1) is 15.6 Å². The second-order valence-electron chi connectivity index (χ2n) is 5.43. The lowest BCUT2D eigenvalue weighted by atomic mass is 9.99. The zero-order valence-corrected chi connectivity index (χ0v) is 13.3. The second kappa shape index (κ2) is 6.19. The first kappa shape index (κ1) is 15.2. The van der Waals surface area contributed by atoms with Crippen LogP contribution in [0.2, 0.25) is 10.0 Å². The van der Waals surface area contributed by atoms with E-state index in [9.17, 15) is 4.79 Å². The summed E-state index contributed by atoms with van der Waals surface area (Å²) in [4.78, 5) is 13.3. The molecule has 1 aliphatic rings. The van der Waals surface area contributed by atoms with Crippen molar-refractivity contribution in [3.63, 3.8) is 0 Å². The third kappa shape index (κ3) is 2.92. The number of carbonyl (C=O) groups is 1. The molecule has 0 spiro atoms. The molecule has 0 aromatic heterocycles. The molecule has 114 valence electrons. The van der Waals surface area contributed by atoms with Crippen molar-refractivity contribution in [1.82, 2.24) is 0 Å². The first-order chi connectivity index (χ1) is 10.6. The van der Waals surface area contributed by atoms with E-state index in [0.29, 0.717) is 5.92 Å².